The fourth-order valence-corrected chi connectivity index (χ4v) is 3.44. The SMILES string of the molecule is CCC(CC)c1cc(CNC(=O)CC(C)C2CCNCC2)on1.Cl. The van der Waals surface area contributed by atoms with Crippen molar-refractivity contribution in [3.8, 4) is 0 Å². The van der Waals surface area contributed by atoms with E-state index in [0.717, 1.165) is 37.4 Å². The fourth-order valence-electron chi connectivity index (χ4n) is 3.44. The number of piperidine rings is 1. The van der Waals surface area contributed by atoms with Crippen LogP contribution in [0.25, 0.3) is 0 Å². The van der Waals surface area contributed by atoms with Crippen LogP contribution in [0.5, 0.6) is 0 Å². The highest BCUT2D eigenvalue weighted by Gasteiger charge is 2.22. The predicted octanol–water partition coefficient (Wildman–Crippen LogP) is 3.64. The molecule has 0 radical (unpaired) electrons. The zero-order valence-electron chi connectivity index (χ0n) is 15.1. The molecule has 0 saturated carbocycles. The molecule has 1 aliphatic heterocycles. The van der Waals surface area contributed by atoms with E-state index in [2.05, 4.69) is 36.6 Å². The van der Waals surface area contributed by atoms with E-state index in [1.54, 1.807) is 0 Å². The Labute approximate surface area is 151 Å². The maximum Gasteiger partial charge on any atom is 0.220 e. The van der Waals surface area contributed by atoms with Gasteiger partial charge >= 0.3 is 0 Å². The molecule has 1 fully saturated rings. The molecule has 0 aromatic carbocycles. The summed E-state index contributed by atoms with van der Waals surface area (Å²) < 4.78 is 5.35. The summed E-state index contributed by atoms with van der Waals surface area (Å²) >= 11 is 0. The minimum atomic E-state index is 0. The second-order valence-electron chi connectivity index (χ2n) is 6.78. The van der Waals surface area contributed by atoms with Crippen LogP contribution in [0, 0.1) is 11.8 Å². The third-order valence-electron chi connectivity index (χ3n) is 5.14. The van der Waals surface area contributed by atoms with Gasteiger partial charge in [-0.25, -0.2) is 0 Å². The second kappa shape index (κ2) is 10.7. The Morgan fingerprint density at radius 2 is 2.04 bits per heavy atom. The van der Waals surface area contributed by atoms with Crippen LogP contribution in [0.1, 0.15) is 70.2 Å². The lowest BCUT2D eigenvalue weighted by Gasteiger charge is -2.27. The largest absolute Gasteiger partial charge is 0.359 e. The summed E-state index contributed by atoms with van der Waals surface area (Å²) in [5.41, 5.74) is 1.00. The van der Waals surface area contributed by atoms with Crippen molar-refractivity contribution in [1.29, 1.82) is 0 Å². The number of halogens is 1. The van der Waals surface area contributed by atoms with Gasteiger partial charge in [-0.15, -0.1) is 12.4 Å². The fraction of sp³-hybridized carbons (Fsp3) is 0.778. The molecule has 1 atom stereocenters. The number of nitrogens with zero attached hydrogens (tertiary/aromatic N) is 1. The van der Waals surface area contributed by atoms with Crippen LogP contribution in [-0.2, 0) is 11.3 Å². The quantitative estimate of drug-likeness (QED) is 0.745. The molecular formula is C18H32ClN3O2. The van der Waals surface area contributed by atoms with Gasteiger partial charge in [0.2, 0.25) is 5.91 Å². The van der Waals surface area contributed by atoms with Gasteiger partial charge in [-0.2, -0.15) is 0 Å². The maximum absolute atomic E-state index is 12.1. The van der Waals surface area contributed by atoms with Crippen LogP contribution >= 0.6 is 12.4 Å². The first-order valence-corrected chi connectivity index (χ1v) is 9.06. The third-order valence-corrected chi connectivity index (χ3v) is 5.14. The third kappa shape index (κ3) is 6.10. The Morgan fingerprint density at radius 3 is 2.67 bits per heavy atom. The minimum absolute atomic E-state index is 0. The van der Waals surface area contributed by atoms with Crippen molar-refractivity contribution in [3.63, 3.8) is 0 Å². The lowest BCUT2D eigenvalue weighted by molar-refractivity contribution is -0.122. The summed E-state index contributed by atoms with van der Waals surface area (Å²) in [4.78, 5) is 12.1. The molecule has 6 heteroatoms. The molecular weight excluding hydrogens is 326 g/mol. The normalized spacial score (nSPS) is 16.7. The van der Waals surface area contributed by atoms with Crippen LogP contribution in [0.2, 0.25) is 0 Å². The van der Waals surface area contributed by atoms with E-state index in [9.17, 15) is 4.79 Å². The smallest absolute Gasteiger partial charge is 0.220 e. The highest BCUT2D eigenvalue weighted by Crippen LogP contribution is 2.24. The number of aromatic nitrogens is 1. The minimum Gasteiger partial charge on any atom is -0.359 e. The Kier molecular flexibility index (Phi) is 9.37. The van der Waals surface area contributed by atoms with E-state index in [1.165, 1.54) is 12.8 Å². The molecule has 1 saturated heterocycles. The summed E-state index contributed by atoms with van der Waals surface area (Å²) in [5.74, 6) is 2.40. The van der Waals surface area contributed by atoms with Crippen molar-refractivity contribution < 1.29 is 9.32 Å². The van der Waals surface area contributed by atoms with Crippen molar-refractivity contribution in [3.05, 3.63) is 17.5 Å². The number of nitrogens with one attached hydrogen (secondary N) is 2. The molecule has 138 valence electrons. The van der Waals surface area contributed by atoms with Gasteiger partial charge in [0, 0.05) is 18.4 Å². The van der Waals surface area contributed by atoms with Crippen LogP contribution in [0.15, 0.2) is 10.6 Å². The lowest BCUT2D eigenvalue weighted by atomic mass is 9.84. The number of amides is 1. The van der Waals surface area contributed by atoms with Gasteiger partial charge in [0.25, 0.3) is 0 Å². The van der Waals surface area contributed by atoms with Crippen LogP contribution < -0.4 is 10.6 Å². The van der Waals surface area contributed by atoms with E-state index in [4.69, 9.17) is 4.52 Å². The highest BCUT2D eigenvalue weighted by atomic mass is 35.5. The number of hydrogen-bond donors (Lipinski definition) is 2. The molecule has 1 amide bonds. The first kappa shape index (κ1) is 21.0. The molecule has 0 aliphatic carbocycles. The molecule has 2 N–H and O–H groups in total. The molecule has 1 aromatic heterocycles. The summed E-state index contributed by atoms with van der Waals surface area (Å²) in [5, 5.41) is 10.5. The van der Waals surface area contributed by atoms with Gasteiger partial charge in [0.1, 0.15) is 0 Å². The molecule has 2 heterocycles. The van der Waals surface area contributed by atoms with E-state index in [-0.39, 0.29) is 18.3 Å². The van der Waals surface area contributed by atoms with Crippen molar-refractivity contribution >= 4 is 18.3 Å². The molecule has 2 rings (SSSR count). The highest BCUT2D eigenvalue weighted by molar-refractivity contribution is 5.85. The van der Waals surface area contributed by atoms with E-state index < -0.39 is 0 Å². The van der Waals surface area contributed by atoms with Crippen LogP contribution in [0.3, 0.4) is 0 Å². The van der Waals surface area contributed by atoms with Gasteiger partial charge in [0.15, 0.2) is 5.76 Å². The maximum atomic E-state index is 12.1. The van der Waals surface area contributed by atoms with Gasteiger partial charge in [-0.05, 0) is 50.6 Å². The van der Waals surface area contributed by atoms with Crippen LogP contribution in [0.4, 0.5) is 0 Å². The van der Waals surface area contributed by atoms with E-state index >= 15 is 0 Å². The number of rotatable bonds is 8. The van der Waals surface area contributed by atoms with E-state index in [0.29, 0.717) is 30.7 Å². The average Bonchev–Trinajstić information content (AvgIpc) is 3.04. The Balaban J connectivity index is 0.00000288. The van der Waals surface area contributed by atoms with Crippen LogP contribution in [-0.4, -0.2) is 24.2 Å². The van der Waals surface area contributed by atoms with Crippen molar-refractivity contribution in [2.75, 3.05) is 13.1 Å². The zero-order valence-corrected chi connectivity index (χ0v) is 16.0. The number of carbonyl (C=O) groups excluding carboxylic acids is 1. The van der Waals surface area contributed by atoms with Crippen molar-refractivity contribution in [2.45, 2.75) is 65.3 Å². The van der Waals surface area contributed by atoms with Gasteiger partial charge < -0.3 is 15.2 Å². The molecule has 0 bridgehead atoms. The predicted molar refractivity (Wildman–Crippen MR) is 98.3 cm³/mol. The van der Waals surface area contributed by atoms with Gasteiger partial charge in [-0.3, -0.25) is 4.79 Å². The first-order valence-electron chi connectivity index (χ1n) is 9.06. The van der Waals surface area contributed by atoms with Crippen molar-refractivity contribution in [2.24, 2.45) is 11.8 Å². The molecule has 0 spiro atoms. The topological polar surface area (TPSA) is 67.2 Å². The summed E-state index contributed by atoms with van der Waals surface area (Å²) in [6.07, 6.45) is 5.06. The summed E-state index contributed by atoms with van der Waals surface area (Å²) in [6, 6.07) is 1.98. The first-order chi connectivity index (χ1) is 11.1. The zero-order chi connectivity index (χ0) is 16.7. The number of carbonyl (C=O) groups is 1. The van der Waals surface area contributed by atoms with Crippen molar-refractivity contribution in [1.82, 2.24) is 15.8 Å². The standard InChI is InChI=1S/C18H31N3O2.ClH/c1-4-14(5-2)17-11-16(23-21-17)12-20-18(22)10-13(3)15-6-8-19-9-7-15;/h11,13-15,19H,4-10,12H2,1-3H3,(H,20,22);1H. The molecule has 5 nitrogen and oxygen atoms in total. The Bertz CT molecular complexity index is 482. The molecule has 1 unspecified atom stereocenters. The second-order valence-corrected chi connectivity index (χ2v) is 6.78. The van der Waals surface area contributed by atoms with Gasteiger partial charge in [0.05, 0.1) is 12.2 Å². The average molecular weight is 358 g/mol. The molecule has 1 aromatic rings. The Hall–Kier alpha value is -1.07. The number of hydrogen-bond acceptors (Lipinski definition) is 4. The summed E-state index contributed by atoms with van der Waals surface area (Å²) in [6.45, 7) is 9.10. The van der Waals surface area contributed by atoms with E-state index in [1.807, 2.05) is 6.07 Å². The molecule has 24 heavy (non-hydrogen) atoms. The molecule has 1 aliphatic rings. The van der Waals surface area contributed by atoms with Gasteiger partial charge in [-0.1, -0.05) is 25.9 Å². The Morgan fingerprint density at radius 1 is 1.38 bits per heavy atom. The monoisotopic (exact) mass is 357 g/mol. The lowest BCUT2D eigenvalue weighted by Crippen LogP contribution is -2.33. The summed E-state index contributed by atoms with van der Waals surface area (Å²) in [7, 11) is 0.